The van der Waals surface area contributed by atoms with Crippen molar-refractivity contribution in [2.45, 2.75) is 45.1 Å². The van der Waals surface area contributed by atoms with Crippen LogP contribution in [-0.4, -0.2) is 23.0 Å². The first-order chi connectivity index (χ1) is 12.9. The highest BCUT2D eigenvalue weighted by molar-refractivity contribution is 5.83. The molecule has 0 spiro atoms. The van der Waals surface area contributed by atoms with Crippen molar-refractivity contribution in [1.29, 1.82) is 0 Å². The molecule has 0 bridgehead atoms. The molecule has 136 valence electrons. The van der Waals surface area contributed by atoms with E-state index in [1.165, 1.54) is 60.7 Å². The summed E-state index contributed by atoms with van der Waals surface area (Å²) in [4.78, 5) is 6.11. The molecule has 1 heterocycles. The van der Waals surface area contributed by atoms with Crippen LogP contribution in [0.5, 0.6) is 0 Å². The van der Waals surface area contributed by atoms with E-state index in [-0.39, 0.29) is 0 Å². The van der Waals surface area contributed by atoms with Crippen molar-refractivity contribution in [2.75, 3.05) is 13.1 Å². The van der Waals surface area contributed by atoms with Crippen molar-refractivity contribution in [3.63, 3.8) is 0 Å². The standard InChI is InChI=1S/C24H30N2/c1-3-9-20(10-4-1)18-26(19-21-11-5-2-6-12-21)16-15-22-17-25-24-14-8-7-13-23(22)24/h1,3-4,7-10,13-14,17,21,25H,2,5-6,11-12,15-16,18-19H2. The molecule has 2 nitrogen and oxygen atoms in total. The lowest BCUT2D eigenvalue weighted by molar-refractivity contribution is 0.195. The molecule has 0 saturated heterocycles. The minimum absolute atomic E-state index is 0.885. The third-order valence-electron chi connectivity index (χ3n) is 5.86. The third-order valence-corrected chi connectivity index (χ3v) is 5.86. The van der Waals surface area contributed by atoms with Crippen LogP contribution < -0.4 is 0 Å². The summed E-state index contributed by atoms with van der Waals surface area (Å²) in [7, 11) is 0. The van der Waals surface area contributed by atoms with Gasteiger partial charge in [0.2, 0.25) is 0 Å². The zero-order chi connectivity index (χ0) is 17.6. The summed E-state index contributed by atoms with van der Waals surface area (Å²) in [5.74, 6) is 0.885. The summed E-state index contributed by atoms with van der Waals surface area (Å²) in [6.45, 7) is 3.45. The van der Waals surface area contributed by atoms with Crippen LogP contribution in [0.3, 0.4) is 0 Å². The van der Waals surface area contributed by atoms with Gasteiger partial charge in [0, 0.05) is 36.7 Å². The number of hydrogen-bond acceptors (Lipinski definition) is 1. The van der Waals surface area contributed by atoms with Gasteiger partial charge in [-0.3, -0.25) is 4.90 Å². The lowest BCUT2D eigenvalue weighted by atomic mass is 9.89. The number of benzene rings is 2. The lowest BCUT2D eigenvalue weighted by Crippen LogP contribution is -2.32. The van der Waals surface area contributed by atoms with Gasteiger partial charge in [-0.15, -0.1) is 0 Å². The minimum Gasteiger partial charge on any atom is -0.361 e. The summed E-state index contributed by atoms with van der Waals surface area (Å²) in [5.41, 5.74) is 4.13. The van der Waals surface area contributed by atoms with Crippen LogP contribution in [0.1, 0.15) is 43.2 Å². The molecule has 0 unspecified atom stereocenters. The Hall–Kier alpha value is -2.06. The molecule has 0 atom stereocenters. The average molecular weight is 347 g/mol. The van der Waals surface area contributed by atoms with Crippen molar-refractivity contribution in [1.82, 2.24) is 9.88 Å². The van der Waals surface area contributed by atoms with Crippen molar-refractivity contribution in [3.8, 4) is 0 Å². The molecule has 0 amide bonds. The number of aromatic nitrogens is 1. The predicted molar refractivity (Wildman–Crippen MR) is 110 cm³/mol. The van der Waals surface area contributed by atoms with Crippen molar-refractivity contribution in [3.05, 3.63) is 71.9 Å². The Labute approximate surface area is 157 Å². The highest BCUT2D eigenvalue weighted by atomic mass is 15.1. The number of fused-ring (bicyclic) bond motifs is 1. The zero-order valence-corrected chi connectivity index (χ0v) is 15.7. The van der Waals surface area contributed by atoms with Gasteiger partial charge in [0.1, 0.15) is 0 Å². The summed E-state index contributed by atoms with van der Waals surface area (Å²) < 4.78 is 0. The van der Waals surface area contributed by atoms with E-state index in [1.54, 1.807) is 0 Å². The van der Waals surface area contributed by atoms with Crippen LogP contribution >= 0.6 is 0 Å². The molecule has 2 heteroatoms. The fourth-order valence-corrected chi connectivity index (χ4v) is 4.43. The SMILES string of the molecule is c1ccc(CN(CCc2c[nH]c3ccccc23)CC2CCCCC2)cc1. The van der Waals surface area contributed by atoms with Gasteiger partial charge in [0.25, 0.3) is 0 Å². The molecule has 3 aromatic rings. The van der Waals surface area contributed by atoms with Crippen LogP contribution in [0.2, 0.25) is 0 Å². The summed E-state index contributed by atoms with van der Waals surface area (Å²) >= 11 is 0. The molecule has 0 radical (unpaired) electrons. The molecule has 1 aromatic heterocycles. The van der Waals surface area contributed by atoms with Gasteiger partial charge in [-0.25, -0.2) is 0 Å². The van der Waals surface area contributed by atoms with Crippen molar-refractivity contribution < 1.29 is 0 Å². The highest BCUT2D eigenvalue weighted by Gasteiger charge is 2.18. The highest BCUT2D eigenvalue weighted by Crippen LogP contribution is 2.25. The molecule has 2 aromatic carbocycles. The molecule has 1 aliphatic carbocycles. The van der Waals surface area contributed by atoms with Crippen LogP contribution in [0.4, 0.5) is 0 Å². The molecule has 26 heavy (non-hydrogen) atoms. The number of aromatic amines is 1. The second-order valence-corrected chi connectivity index (χ2v) is 7.83. The van der Waals surface area contributed by atoms with Gasteiger partial charge in [0.15, 0.2) is 0 Å². The first-order valence-corrected chi connectivity index (χ1v) is 10.2. The summed E-state index contributed by atoms with van der Waals surface area (Å²) in [6, 6.07) is 19.6. The van der Waals surface area contributed by atoms with Crippen LogP contribution in [0.15, 0.2) is 60.8 Å². The Bertz CT molecular complexity index is 799. The molecule has 1 saturated carbocycles. The number of para-hydroxylation sites is 1. The number of H-pyrrole nitrogens is 1. The molecule has 4 rings (SSSR count). The number of rotatable bonds is 7. The smallest absolute Gasteiger partial charge is 0.0456 e. The first kappa shape index (κ1) is 17.4. The molecule has 1 aliphatic rings. The number of nitrogens with one attached hydrogen (secondary N) is 1. The van der Waals surface area contributed by atoms with Gasteiger partial charge in [-0.1, -0.05) is 67.8 Å². The molecule has 1 fully saturated rings. The Morgan fingerprint density at radius 2 is 1.65 bits per heavy atom. The van der Waals surface area contributed by atoms with Crippen LogP contribution in [0, 0.1) is 5.92 Å². The van der Waals surface area contributed by atoms with E-state index in [1.807, 2.05) is 0 Å². The second kappa shape index (κ2) is 8.55. The maximum Gasteiger partial charge on any atom is 0.0456 e. The number of hydrogen-bond donors (Lipinski definition) is 1. The van der Waals surface area contributed by atoms with E-state index in [4.69, 9.17) is 0 Å². The third kappa shape index (κ3) is 4.37. The molecular weight excluding hydrogens is 316 g/mol. The van der Waals surface area contributed by atoms with Gasteiger partial charge < -0.3 is 4.98 Å². The van der Waals surface area contributed by atoms with Crippen molar-refractivity contribution in [2.24, 2.45) is 5.92 Å². The Kier molecular flexibility index (Phi) is 5.71. The largest absolute Gasteiger partial charge is 0.361 e. The predicted octanol–water partition coefficient (Wildman–Crippen LogP) is 5.79. The summed E-state index contributed by atoms with van der Waals surface area (Å²) in [6.07, 6.45) is 10.4. The van der Waals surface area contributed by atoms with Crippen molar-refractivity contribution >= 4 is 10.9 Å². The fraction of sp³-hybridized carbons (Fsp3) is 0.417. The number of nitrogens with zero attached hydrogens (tertiary/aromatic N) is 1. The van der Waals surface area contributed by atoms with E-state index in [9.17, 15) is 0 Å². The second-order valence-electron chi connectivity index (χ2n) is 7.83. The zero-order valence-electron chi connectivity index (χ0n) is 15.7. The van der Waals surface area contributed by atoms with Gasteiger partial charge in [-0.2, -0.15) is 0 Å². The molecular formula is C24H30N2. The quantitative estimate of drug-likeness (QED) is 0.573. The normalized spacial score (nSPS) is 15.7. The van der Waals surface area contributed by atoms with E-state index in [0.717, 1.165) is 25.4 Å². The van der Waals surface area contributed by atoms with Crippen LogP contribution in [-0.2, 0) is 13.0 Å². The van der Waals surface area contributed by atoms with E-state index >= 15 is 0 Å². The minimum atomic E-state index is 0.885. The maximum atomic E-state index is 3.42. The Balaban J connectivity index is 1.44. The maximum absolute atomic E-state index is 3.42. The monoisotopic (exact) mass is 346 g/mol. The van der Waals surface area contributed by atoms with Gasteiger partial charge in [-0.05, 0) is 42.4 Å². The average Bonchev–Trinajstić information content (AvgIpc) is 3.11. The van der Waals surface area contributed by atoms with E-state index in [2.05, 4.69) is 70.7 Å². The van der Waals surface area contributed by atoms with E-state index in [0.29, 0.717) is 0 Å². The van der Waals surface area contributed by atoms with Crippen LogP contribution in [0.25, 0.3) is 10.9 Å². The topological polar surface area (TPSA) is 19.0 Å². The first-order valence-electron chi connectivity index (χ1n) is 10.2. The molecule has 1 N–H and O–H groups in total. The van der Waals surface area contributed by atoms with Gasteiger partial charge >= 0.3 is 0 Å². The lowest BCUT2D eigenvalue weighted by Gasteiger charge is -2.30. The van der Waals surface area contributed by atoms with Gasteiger partial charge in [0.05, 0.1) is 0 Å². The fourth-order valence-electron chi connectivity index (χ4n) is 4.43. The molecule has 0 aliphatic heterocycles. The van der Waals surface area contributed by atoms with E-state index < -0.39 is 0 Å². The summed E-state index contributed by atoms with van der Waals surface area (Å²) in [5, 5.41) is 1.38. The Morgan fingerprint density at radius 3 is 2.50 bits per heavy atom. The Morgan fingerprint density at radius 1 is 0.885 bits per heavy atom.